The number of fused-ring (bicyclic) bond motifs is 1. The van der Waals surface area contributed by atoms with Crippen molar-refractivity contribution in [2.75, 3.05) is 0 Å². The fourth-order valence-electron chi connectivity index (χ4n) is 2.72. The van der Waals surface area contributed by atoms with Crippen molar-refractivity contribution in [1.82, 2.24) is 5.32 Å². The van der Waals surface area contributed by atoms with Gasteiger partial charge in [0, 0.05) is 4.47 Å². The second-order valence-corrected chi connectivity index (χ2v) is 6.39. The van der Waals surface area contributed by atoms with E-state index in [1.807, 2.05) is 26.0 Å². The van der Waals surface area contributed by atoms with Crippen LogP contribution in [0.4, 0.5) is 0 Å². The summed E-state index contributed by atoms with van der Waals surface area (Å²) in [6.07, 6.45) is 3.56. The van der Waals surface area contributed by atoms with Gasteiger partial charge in [0.25, 0.3) is 0 Å². The van der Waals surface area contributed by atoms with Gasteiger partial charge in [0.1, 0.15) is 0 Å². The fraction of sp³-hybridized carbons (Fsp3) is 0.533. The zero-order valence-electron chi connectivity index (χ0n) is 11.9. The summed E-state index contributed by atoms with van der Waals surface area (Å²) < 4.78 is 1.13. The van der Waals surface area contributed by atoms with E-state index in [-0.39, 0.29) is 24.4 Å². The first-order valence-corrected chi connectivity index (χ1v) is 7.62. The molecule has 0 aromatic heterocycles. The highest BCUT2D eigenvalue weighted by Crippen LogP contribution is 2.35. The van der Waals surface area contributed by atoms with Crippen molar-refractivity contribution >= 4 is 34.2 Å². The molecule has 0 heterocycles. The highest BCUT2D eigenvalue weighted by Gasteiger charge is 2.32. The summed E-state index contributed by atoms with van der Waals surface area (Å²) in [5.74, 6) is -0.0489. The van der Waals surface area contributed by atoms with Crippen molar-refractivity contribution in [3.05, 3.63) is 33.8 Å². The smallest absolute Gasteiger partial charge is 0.240 e. The molecule has 0 bridgehead atoms. The number of nitrogens with one attached hydrogen (secondary N) is 1. The highest BCUT2D eigenvalue weighted by molar-refractivity contribution is 9.10. The molecule has 1 amide bonds. The van der Waals surface area contributed by atoms with Crippen molar-refractivity contribution in [3.8, 4) is 0 Å². The van der Waals surface area contributed by atoms with E-state index in [1.54, 1.807) is 0 Å². The number of carbonyl (C=O) groups is 1. The minimum absolute atomic E-state index is 0. The van der Waals surface area contributed by atoms with E-state index in [9.17, 15) is 4.79 Å². The van der Waals surface area contributed by atoms with Crippen LogP contribution in [0.3, 0.4) is 0 Å². The van der Waals surface area contributed by atoms with Gasteiger partial charge in [0.2, 0.25) is 5.91 Å². The van der Waals surface area contributed by atoms with Crippen LogP contribution < -0.4 is 11.1 Å². The Morgan fingerprint density at radius 3 is 2.90 bits per heavy atom. The maximum atomic E-state index is 12.3. The Hall–Kier alpha value is -0.580. The van der Waals surface area contributed by atoms with Crippen LogP contribution in [0, 0.1) is 0 Å². The minimum atomic E-state index is -0.774. The van der Waals surface area contributed by atoms with Crippen LogP contribution in [0.1, 0.15) is 50.3 Å². The standard InChI is InChI=1S/C15H21BrN2O.ClH/c1-3-9-15(2,17)14(19)18-13-8-7-10-11(13)5-4-6-12(10)16;/h4-6,13H,3,7-9,17H2,1-2H3,(H,18,19);1H. The van der Waals surface area contributed by atoms with Gasteiger partial charge < -0.3 is 11.1 Å². The molecular formula is C15H22BrClN2O. The number of halogens is 2. The van der Waals surface area contributed by atoms with E-state index < -0.39 is 5.54 Å². The Bertz CT molecular complexity index is 491. The van der Waals surface area contributed by atoms with E-state index in [1.165, 1.54) is 11.1 Å². The van der Waals surface area contributed by atoms with Crippen molar-refractivity contribution < 1.29 is 4.79 Å². The predicted octanol–water partition coefficient (Wildman–Crippen LogP) is 3.49. The average molecular weight is 362 g/mol. The van der Waals surface area contributed by atoms with E-state index >= 15 is 0 Å². The van der Waals surface area contributed by atoms with E-state index in [4.69, 9.17) is 5.73 Å². The van der Waals surface area contributed by atoms with Crippen LogP contribution in [0.5, 0.6) is 0 Å². The number of rotatable bonds is 4. The Balaban J connectivity index is 0.00000200. The van der Waals surface area contributed by atoms with E-state index in [0.29, 0.717) is 6.42 Å². The molecule has 3 N–H and O–H groups in total. The lowest BCUT2D eigenvalue weighted by Gasteiger charge is -2.25. The molecule has 3 nitrogen and oxygen atoms in total. The summed E-state index contributed by atoms with van der Waals surface area (Å²) in [5, 5.41) is 3.10. The van der Waals surface area contributed by atoms with E-state index in [2.05, 4.69) is 27.3 Å². The first-order valence-electron chi connectivity index (χ1n) is 6.83. The Labute approximate surface area is 135 Å². The molecule has 2 unspecified atom stereocenters. The molecule has 0 spiro atoms. The lowest BCUT2D eigenvalue weighted by molar-refractivity contribution is -0.126. The van der Waals surface area contributed by atoms with Crippen LogP contribution >= 0.6 is 28.3 Å². The molecule has 112 valence electrons. The predicted molar refractivity (Wildman–Crippen MR) is 88.1 cm³/mol. The summed E-state index contributed by atoms with van der Waals surface area (Å²) in [5.41, 5.74) is 7.83. The summed E-state index contributed by atoms with van der Waals surface area (Å²) >= 11 is 3.57. The molecule has 5 heteroatoms. The second-order valence-electron chi connectivity index (χ2n) is 5.54. The third kappa shape index (κ3) is 3.54. The van der Waals surface area contributed by atoms with Crippen LogP contribution in [0.25, 0.3) is 0 Å². The zero-order chi connectivity index (χ0) is 14.0. The molecule has 0 radical (unpaired) electrons. The normalized spacial score (nSPS) is 19.7. The Morgan fingerprint density at radius 2 is 2.25 bits per heavy atom. The summed E-state index contributed by atoms with van der Waals surface area (Å²) in [6.45, 7) is 3.85. The molecule has 0 fully saturated rings. The summed E-state index contributed by atoms with van der Waals surface area (Å²) in [6, 6.07) is 6.25. The number of amides is 1. The van der Waals surface area contributed by atoms with Crippen LogP contribution in [0.2, 0.25) is 0 Å². The molecule has 1 aromatic rings. The van der Waals surface area contributed by atoms with Gasteiger partial charge in [-0.25, -0.2) is 0 Å². The van der Waals surface area contributed by atoms with Gasteiger partial charge in [-0.1, -0.05) is 41.4 Å². The number of hydrogen-bond donors (Lipinski definition) is 2. The minimum Gasteiger partial charge on any atom is -0.348 e. The first-order chi connectivity index (χ1) is 8.95. The zero-order valence-corrected chi connectivity index (χ0v) is 14.3. The topological polar surface area (TPSA) is 55.1 Å². The van der Waals surface area contributed by atoms with Crippen molar-refractivity contribution in [2.45, 2.75) is 51.1 Å². The van der Waals surface area contributed by atoms with Gasteiger partial charge in [-0.2, -0.15) is 0 Å². The average Bonchev–Trinajstić information content (AvgIpc) is 2.74. The van der Waals surface area contributed by atoms with Crippen LogP contribution in [-0.4, -0.2) is 11.4 Å². The van der Waals surface area contributed by atoms with Crippen molar-refractivity contribution in [2.24, 2.45) is 5.73 Å². The second kappa shape index (κ2) is 6.92. The maximum absolute atomic E-state index is 12.3. The summed E-state index contributed by atoms with van der Waals surface area (Å²) in [4.78, 5) is 12.3. The number of carbonyl (C=O) groups excluding carboxylic acids is 1. The lowest BCUT2D eigenvalue weighted by atomic mass is 9.95. The maximum Gasteiger partial charge on any atom is 0.240 e. The quantitative estimate of drug-likeness (QED) is 0.862. The molecule has 1 aliphatic carbocycles. The van der Waals surface area contributed by atoms with E-state index in [0.717, 1.165) is 23.7 Å². The number of benzene rings is 1. The molecule has 2 rings (SSSR count). The Kier molecular flexibility index (Phi) is 6.05. The van der Waals surface area contributed by atoms with Gasteiger partial charge in [-0.15, -0.1) is 12.4 Å². The molecule has 20 heavy (non-hydrogen) atoms. The Morgan fingerprint density at radius 1 is 1.55 bits per heavy atom. The van der Waals surface area contributed by atoms with Gasteiger partial charge in [0.05, 0.1) is 11.6 Å². The SMILES string of the molecule is CCCC(C)(N)C(=O)NC1CCc2c(Br)cccc21.Cl. The molecule has 0 saturated heterocycles. The van der Waals surface area contributed by atoms with Crippen LogP contribution in [0.15, 0.2) is 22.7 Å². The van der Waals surface area contributed by atoms with Gasteiger partial charge in [-0.05, 0) is 43.4 Å². The van der Waals surface area contributed by atoms with Crippen molar-refractivity contribution in [1.29, 1.82) is 0 Å². The third-order valence-corrected chi connectivity index (χ3v) is 4.55. The number of hydrogen-bond acceptors (Lipinski definition) is 2. The molecule has 0 aliphatic heterocycles. The molecular weight excluding hydrogens is 340 g/mol. The largest absolute Gasteiger partial charge is 0.348 e. The highest BCUT2D eigenvalue weighted by atomic mass is 79.9. The van der Waals surface area contributed by atoms with Gasteiger partial charge >= 0.3 is 0 Å². The molecule has 1 aliphatic rings. The van der Waals surface area contributed by atoms with Gasteiger partial charge in [-0.3, -0.25) is 4.79 Å². The lowest BCUT2D eigenvalue weighted by Crippen LogP contribution is -2.52. The summed E-state index contributed by atoms with van der Waals surface area (Å²) in [7, 11) is 0. The fourth-order valence-corrected chi connectivity index (χ4v) is 3.30. The first kappa shape index (κ1) is 17.5. The van der Waals surface area contributed by atoms with Crippen molar-refractivity contribution in [3.63, 3.8) is 0 Å². The third-order valence-electron chi connectivity index (χ3n) is 3.81. The van der Waals surface area contributed by atoms with Gasteiger partial charge in [0.15, 0.2) is 0 Å². The number of nitrogens with two attached hydrogens (primary N) is 1. The van der Waals surface area contributed by atoms with Crippen LogP contribution in [-0.2, 0) is 11.2 Å². The molecule has 2 atom stereocenters. The monoisotopic (exact) mass is 360 g/mol. The molecule has 1 aromatic carbocycles. The molecule has 0 saturated carbocycles.